The molecule has 4 nitrogen and oxygen atoms in total. The Kier molecular flexibility index (Phi) is 6.45. The number of rotatable bonds is 6. The van der Waals surface area contributed by atoms with Crippen LogP contribution in [0.1, 0.15) is 23.2 Å². The van der Waals surface area contributed by atoms with E-state index in [4.69, 9.17) is 9.47 Å². The van der Waals surface area contributed by atoms with Crippen LogP contribution in [-0.2, 0) is 0 Å². The van der Waals surface area contributed by atoms with Crippen molar-refractivity contribution < 1.29 is 14.3 Å². The summed E-state index contributed by atoms with van der Waals surface area (Å²) in [4.78, 5) is 16.0. The number of nitrogens with zero attached hydrogens (tertiary/aromatic N) is 1. The van der Waals surface area contributed by atoms with Crippen LogP contribution >= 0.6 is 11.8 Å². The van der Waals surface area contributed by atoms with Crippen molar-refractivity contribution in [2.45, 2.75) is 17.7 Å². The molecule has 1 heterocycles. The first-order valence-corrected chi connectivity index (χ1v) is 9.89. The molecule has 0 aromatic heterocycles. The van der Waals surface area contributed by atoms with E-state index in [1.807, 2.05) is 53.1 Å². The molecule has 5 heteroatoms. The van der Waals surface area contributed by atoms with Crippen LogP contribution in [-0.4, -0.2) is 43.9 Å². The highest BCUT2D eigenvalue weighted by atomic mass is 32.2. The van der Waals surface area contributed by atoms with Crippen LogP contribution in [0.4, 0.5) is 0 Å². The standard InChI is InChI=1S/C21H25NO3S/c1-24-17-7-9-18(10-8-17)26-15-16-11-13-22(14-12-16)21(23)19-5-3-4-6-20(19)25-2/h3-10,16H,11-15H2,1-2H3. The Labute approximate surface area is 159 Å². The Hall–Kier alpha value is -2.14. The molecule has 1 saturated heterocycles. The van der Waals surface area contributed by atoms with E-state index < -0.39 is 0 Å². The number of para-hydroxylation sites is 1. The molecule has 1 aliphatic heterocycles. The zero-order chi connectivity index (χ0) is 18.4. The van der Waals surface area contributed by atoms with Crippen molar-refractivity contribution in [3.8, 4) is 11.5 Å². The lowest BCUT2D eigenvalue weighted by Crippen LogP contribution is -2.39. The number of amides is 1. The fourth-order valence-corrected chi connectivity index (χ4v) is 4.27. The molecule has 26 heavy (non-hydrogen) atoms. The van der Waals surface area contributed by atoms with Gasteiger partial charge < -0.3 is 14.4 Å². The van der Waals surface area contributed by atoms with E-state index in [1.165, 1.54) is 4.90 Å². The molecule has 1 amide bonds. The highest BCUT2D eigenvalue weighted by molar-refractivity contribution is 7.99. The quantitative estimate of drug-likeness (QED) is 0.708. The van der Waals surface area contributed by atoms with Gasteiger partial charge in [0, 0.05) is 23.7 Å². The normalized spacial score (nSPS) is 14.9. The molecule has 0 atom stereocenters. The van der Waals surface area contributed by atoms with Crippen molar-refractivity contribution in [1.29, 1.82) is 0 Å². The highest BCUT2D eigenvalue weighted by Crippen LogP contribution is 2.29. The second-order valence-electron chi connectivity index (χ2n) is 6.42. The lowest BCUT2D eigenvalue weighted by molar-refractivity contribution is 0.0695. The van der Waals surface area contributed by atoms with Crippen LogP contribution in [0.3, 0.4) is 0 Å². The van der Waals surface area contributed by atoms with E-state index in [9.17, 15) is 4.79 Å². The monoisotopic (exact) mass is 371 g/mol. The minimum absolute atomic E-state index is 0.0729. The number of carbonyl (C=O) groups excluding carboxylic acids is 1. The second kappa shape index (κ2) is 8.99. The van der Waals surface area contributed by atoms with Crippen LogP contribution in [0.25, 0.3) is 0 Å². The maximum Gasteiger partial charge on any atom is 0.257 e. The van der Waals surface area contributed by atoms with E-state index in [0.29, 0.717) is 17.2 Å². The topological polar surface area (TPSA) is 38.8 Å². The molecule has 0 spiro atoms. The molecule has 2 aromatic rings. The Morgan fingerprint density at radius 1 is 1.04 bits per heavy atom. The van der Waals surface area contributed by atoms with E-state index in [-0.39, 0.29) is 5.91 Å². The van der Waals surface area contributed by atoms with Gasteiger partial charge in [-0.05, 0) is 55.2 Å². The van der Waals surface area contributed by atoms with Crippen LogP contribution in [0, 0.1) is 5.92 Å². The smallest absolute Gasteiger partial charge is 0.257 e. The first kappa shape index (κ1) is 18.6. The van der Waals surface area contributed by atoms with Crippen LogP contribution in [0.15, 0.2) is 53.4 Å². The molecule has 0 radical (unpaired) electrons. The lowest BCUT2D eigenvalue weighted by atomic mass is 9.98. The summed E-state index contributed by atoms with van der Waals surface area (Å²) >= 11 is 1.88. The van der Waals surface area contributed by atoms with Crippen molar-refractivity contribution in [2.24, 2.45) is 5.92 Å². The number of ether oxygens (including phenoxy) is 2. The SMILES string of the molecule is COc1ccc(SCC2CCN(C(=O)c3ccccc3OC)CC2)cc1. The molecule has 0 aliphatic carbocycles. The summed E-state index contributed by atoms with van der Waals surface area (Å²) < 4.78 is 10.5. The summed E-state index contributed by atoms with van der Waals surface area (Å²) in [5.74, 6) is 3.34. The minimum atomic E-state index is 0.0729. The zero-order valence-electron chi connectivity index (χ0n) is 15.3. The molecule has 1 fully saturated rings. The van der Waals surface area contributed by atoms with Gasteiger partial charge >= 0.3 is 0 Å². The van der Waals surface area contributed by atoms with E-state index in [0.717, 1.165) is 37.4 Å². The number of hydrogen-bond acceptors (Lipinski definition) is 4. The van der Waals surface area contributed by atoms with E-state index >= 15 is 0 Å². The molecule has 0 saturated carbocycles. The average molecular weight is 372 g/mol. The fourth-order valence-electron chi connectivity index (χ4n) is 3.18. The number of piperidine rings is 1. The van der Waals surface area contributed by atoms with Gasteiger partial charge in [-0.1, -0.05) is 12.1 Å². The Morgan fingerprint density at radius 2 is 1.73 bits per heavy atom. The lowest BCUT2D eigenvalue weighted by Gasteiger charge is -2.32. The largest absolute Gasteiger partial charge is 0.497 e. The van der Waals surface area contributed by atoms with Gasteiger partial charge in [0.15, 0.2) is 0 Å². The first-order valence-electron chi connectivity index (χ1n) is 8.90. The van der Waals surface area contributed by atoms with Crippen LogP contribution < -0.4 is 9.47 Å². The summed E-state index contributed by atoms with van der Waals surface area (Å²) in [6.07, 6.45) is 2.09. The molecule has 0 unspecified atom stereocenters. The Balaban J connectivity index is 1.50. The molecular formula is C21H25NO3S. The van der Waals surface area contributed by atoms with Gasteiger partial charge in [-0.25, -0.2) is 0 Å². The predicted octanol–water partition coefficient (Wildman–Crippen LogP) is 4.35. The van der Waals surface area contributed by atoms with Crippen LogP contribution in [0.2, 0.25) is 0 Å². The maximum absolute atomic E-state index is 12.8. The average Bonchev–Trinajstić information content (AvgIpc) is 2.72. The summed E-state index contributed by atoms with van der Waals surface area (Å²) in [5.41, 5.74) is 0.654. The molecule has 3 rings (SSSR count). The van der Waals surface area contributed by atoms with Gasteiger partial charge in [0.05, 0.1) is 19.8 Å². The van der Waals surface area contributed by atoms with Gasteiger partial charge in [0.25, 0.3) is 5.91 Å². The predicted molar refractivity (Wildman–Crippen MR) is 105 cm³/mol. The Morgan fingerprint density at radius 3 is 2.38 bits per heavy atom. The number of thioether (sulfide) groups is 1. The molecule has 138 valence electrons. The van der Waals surface area contributed by atoms with E-state index in [2.05, 4.69) is 12.1 Å². The van der Waals surface area contributed by atoms with Crippen LogP contribution in [0.5, 0.6) is 11.5 Å². The zero-order valence-corrected chi connectivity index (χ0v) is 16.1. The highest BCUT2D eigenvalue weighted by Gasteiger charge is 2.25. The van der Waals surface area contributed by atoms with Crippen molar-refractivity contribution in [1.82, 2.24) is 4.90 Å². The van der Waals surface area contributed by atoms with Gasteiger partial charge in [-0.15, -0.1) is 11.8 Å². The number of methoxy groups -OCH3 is 2. The van der Waals surface area contributed by atoms with Gasteiger partial charge in [-0.2, -0.15) is 0 Å². The number of hydrogen-bond donors (Lipinski definition) is 0. The fraction of sp³-hybridized carbons (Fsp3) is 0.381. The van der Waals surface area contributed by atoms with Gasteiger partial charge in [-0.3, -0.25) is 4.79 Å². The molecular weight excluding hydrogens is 346 g/mol. The van der Waals surface area contributed by atoms with E-state index in [1.54, 1.807) is 14.2 Å². The summed E-state index contributed by atoms with van der Waals surface area (Å²) in [7, 11) is 3.29. The molecule has 0 N–H and O–H groups in total. The van der Waals surface area contributed by atoms with Gasteiger partial charge in [0.2, 0.25) is 0 Å². The minimum Gasteiger partial charge on any atom is -0.497 e. The van der Waals surface area contributed by atoms with Crippen molar-refractivity contribution >= 4 is 17.7 Å². The molecule has 1 aliphatic rings. The number of likely N-dealkylation sites (tertiary alicyclic amines) is 1. The van der Waals surface area contributed by atoms with Crippen molar-refractivity contribution in [3.63, 3.8) is 0 Å². The summed E-state index contributed by atoms with van der Waals surface area (Å²) in [5, 5.41) is 0. The third-order valence-corrected chi connectivity index (χ3v) is 6.03. The number of carbonyl (C=O) groups is 1. The summed E-state index contributed by atoms with van der Waals surface area (Å²) in [6.45, 7) is 1.62. The first-order chi connectivity index (χ1) is 12.7. The van der Waals surface area contributed by atoms with Crippen molar-refractivity contribution in [2.75, 3.05) is 33.1 Å². The third kappa shape index (κ3) is 4.52. The van der Waals surface area contributed by atoms with Crippen molar-refractivity contribution in [3.05, 3.63) is 54.1 Å². The third-order valence-electron chi connectivity index (χ3n) is 4.78. The maximum atomic E-state index is 12.8. The number of benzene rings is 2. The molecule has 0 bridgehead atoms. The Bertz CT molecular complexity index is 724. The van der Waals surface area contributed by atoms with Gasteiger partial charge in [0.1, 0.15) is 11.5 Å². The second-order valence-corrected chi connectivity index (χ2v) is 7.52. The molecule has 2 aromatic carbocycles. The summed E-state index contributed by atoms with van der Waals surface area (Å²) in [6, 6.07) is 15.6.